The van der Waals surface area contributed by atoms with Crippen LogP contribution in [0.3, 0.4) is 0 Å². The van der Waals surface area contributed by atoms with Gasteiger partial charge in [0.15, 0.2) is 11.5 Å². The molecule has 0 saturated carbocycles. The SMILES string of the molecule is O=C(/C=C\c1ccc(O)c(O)c1)OCc1ccccc1. The first-order valence-corrected chi connectivity index (χ1v) is 6.06. The van der Waals surface area contributed by atoms with Crippen LogP contribution in [0.2, 0.25) is 0 Å². The smallest absolute Gasteiger partial charge is 0.331 e. The van der Waals surface area contributed by atoms with Crippen molar-refractivity contribution in [1.82, 2.24) is 0 Å². The summed E-state index contributed by atoms with van der Waals surface area (Å²) in [7, 11) is 0. The van der Waals surface area contributed by atoms with Crippen LogP contribution in [-0.4, -0.2) is 16.2 Å². The molecule has 102 valence electrons. The lowest BCUT2D eigenvalue weighted by molar-refractivity contribution is -0.138. The molecule has 0 saturated heterocycles. The van der Waals surface area contributed by atoms with Crippen molar-refractivity contribution in [1.29, 1.82) is 0 Å². The first kappa shape index (κ1) is 13.7. The molecule has 0 heterocycles. The monoisotopic (exact) mass is 270 g/mol. The van der Waals surface area contributed by atoms with E-state index in [1.165, 1.54) is 24.3 Å². The van der Waals surface area contributed by atoms with Crippen molar-refractivity contribution in [3.8, 4) is 11.5 Å². The van der Waals surface area contributed by atoms with Crippen molar-refractivity contribution in [2.24, 2.45) is 0 Å². The number of aromatic hydroxyl groups is 2. The Labute approximate surface area is 116 Å². The summed E-state index contributed by atoms with van der Waals surface area (Å²) < 4.78 is 5.07. The minimum atomic E-state index is -0.471. The molecule has 0 amide bonds. The highest BCUT2D eigenvalue weighted by Crippen LogP contribution is 2.25. The Hall–Kier alpha value is -2.75. The lowest BCUT2D eigenvalue weighted by Gasteiger charge is -2.02. The van der Waals surface area contributed by atoms with Crippen LogP contribution in [0, 0.1) is 0 Å². The summed E-state index contributed by atoms with van der Waals surface area (Å²) in [6.07, 6.45) is 2.78. The van der Waals surface area contributed by atoms with Gasteiger partial charge >= 0.3 is 5.97 Å². The molecule has 2 rings (SSSR count). The number of esters is 1. The predicted molar refractivity (Wildman–Crippen MR) is 75.0 cm³/mol. The van der Waals surface area contributed by atoms with Crippen LogP contribution in [0.5, 0.6) is 11.5 Å². The molecule has 4 heteroatoms. The van der Waals surface area contributed by atoms with Gasteiger partial charge in [-0.3, -0.25) is 0 Å². The van der Waals surface area contributed by atoms with Crippen LogP contribution in [0.25, 0.3) is 6.08 Å². The van der Waals surface area contributed by atoms with Gasteiger partial charge in [-0.05, 0) is 29.3 Å². The van der Waals surface area contributed by atoms with Gasteiger partial charge in [-0.15, -0.1) is 0 Å². The van der Waals surface area contributed by atoms with Crippen LogP contribution in [-0.2, 0) is 16.1 Å². The predicted octanol–water partition coefficient (Wildman–Crippen LogP) is 2.85. The number of benzene rings is 2. The standard InChI is InChI=1S/C16H14O4/c17-14-8-6-12(10-15(14)18)7-9-16(19)20-11-13-4-2-1-3-5-13/h1-10,17-18H,11H2/b9-7-. The normalized spacial score (nSPS) is 10.6. The fourth-order valence-corrected chi connectivity index (χ4v) is 1.59. The summed E-state index contributed by atoms with van der Waals surface area (Å²) in [6, 6.07) is 13.7. The highest BCUT2D eigenvalue weighted by Gasteiger charge is 2.00. The summed E-state index contributed by atoms with van der Waals surface area (Å²) in [5.41, 5.74) is 1.51. The maximum Gasteiger partial charge on any atom is 0.331 e. The molecule has 0 unspecified atom stereocenters. The second-order valence-electron chi connectivity index (χ2n) is 4.17. The van der Waals surface area contributed by atoms with E-state index in [9.17, 15) is 9.90 Å². The maximum absolute atomic E-state index is 11.5. The van der Waals surface area contributed by atoms with E-state index in [1.54, 1.807) is 6.07 Å². The highest BCUT2D eigenvalue weighted by molar-refractivity contribution is 5.87. The van der Waals surface area contributed by atoms with Gasteiger partial charge in [0.1, 0.15) is 6.61 Å². The van der Waals surface area contributed by atoms with E-state index < -0.39 is 5.97 Å². The molecule has 0 aliphatic carbocycles. The fourth-order valence-electron chi connectivity index (χ4n) is 1.59. The second kappa shape index (κ2) is 6.43. The van der Waals surface area contributed by atoms with Crippen molar-refractivity contribution in [2.45, 2.75) is 6.61 Å². The third kappa shape index (κ3) is 3.88. The van der Waals surface area contributed by atoms with E-state index in [0.717, 1.165) is 5.56 Å². The zero-order valence-electron chi connectivity index (χ0n) is 10.7. The van der Waals surface area contributed by atoms with Crippen molar-refractivity contribution in [2.75, 3.05) is 0 Å². The van der Waals surface area contributed by atoms with Crippen molar-refractivity contribution in [3.63, 3.8) is 0 Å². The number of hydrogen-bond acceptors (Lipinski definition) is 4. The fraction of sp³-hybridized carbons (Fsp3) is 0.0625. The third-order valence-corrected chi connectivity index (χ3v) is 2.64. The van der Waals surface area contributed by atoms with Crippen LogP contribution >= 0.6 is 0 Å². The molecule has 0 spiro atoms. The number of hydrogen-bond donors (Lipinski definition) is 2. The van der Waals surface area contributed by atoms with Gasteiger partial charge in [-0.1, -0.05) is 36.4 Å². The van der Waals surface area contributed by atoms with Crippen LogP contribution < -0.4 is 0 Å². The zero-order chi connectivity index (χ0) is 14.4. The minimum absolute atomic E-state index is 0.200. The molecular weight excluding hydrogens is 256 g/mol. The molecule has 4 nitrogen and oxygen atoms in total. The van der Waals surface area contributed by atoms with Gasteiger partial charge in [0.25, 0.3) is 0 Å². The van der Waals surface area contributed by atoms with Gasteiger partial charge in [0.2, 0.25) is 0 Å². The van der Waals surface area contributed by atoms with E-state index >= 15 is 0 Å². The molecule has 2 N–H and O–H groups in total. The van der Waals surface area contributed by atoms with Gasteiger partial charge in [0, 0.05) is 6.08 Å². The van der Waals surface area contributed by atoms with Gasteiger partial charge in [-0.25, -0.2) is 4.79 Å². The Morgan fingerprint density at radius 1 is 1.05 bits per heavy atom. The summed E-state index contributed by atoms with van der Waals surface area (Å²) in [6.45, 7) is 0.213. The Morgan fingerprint density at radius 3 is 2.50 bits per heavy atom. The average molecular weight is 270 g/mol. The summed E-state index contributed by atoms with van der Waals surface area (Å²) in [4.78, 5) is 11.5. The van der Waals surface area contributed by atoms with Gasteiger partial charge in [-0.2, -0.15) is 0 Å². The largest absolute Gasteiger partial charge is 0.504 e. The average Bonchev–Trinajstić information content (AvgIpc) is 2.47. The lowest BCUT2D eigenvalue weighted by atomic mass is 10.2. The number of carbonyl (C=O) groups excluding carboxylic acids is 1. The van der Waals surface area contributed by atoms with Crippen LogP contribution in [0.15, 0.2) is 54.6 Å². The van der Waals surface area contributed by atoms with Crippen molar-refractivity contribution in [3.05, 3.63) is 65.7 Å². The summed E-state index contributed by atoms with van der Waals surface area (Å²) in [5.74, 6) is -0.903. The van der Waals surface area contributed by atoms with Crippen LogP contribution in [0.4, 0.5) is 0 Å². The molecule has 2 aromatic rings. The topological polar surface area (TPSA) is 66.8 Å². The highest BCUT2D eigenvalue weighted by atomic mass is 16.5. The Morgan fingerprint density at radius 2 is 1.80 bits per heavy atom. The molecule has 0 atom stereocenters. The Bertz CT molecular complexity index is 618. The molecular formula is C16H14O4. The summed E-state index contributed by atoms with van der Waals surface area (Å²) in [5, 5.41) is 18.5. The number of rotatable bonds is 4. The number of ether oxygens (including phenoxy) is 1. The van der Waals surface area contributed by atoms with Crippen LogP contribution in [0.1, 0.15) is 11.1 Å². The Balaban J connectivity index is 1.90. The lowest BCUT2D eigenvalue weighted by Crippen LogP contribution is -2.00. The second-order valence-corrected chi connectivity index (χ2v) is 4.17. The van der Waals surface area contributed by atoms with Crippen molar-refractivity contribution < 1.29 is 19.7 Å². The minimum Gasteiger partial charge on any atom is -0.504 e. The molecule has 0 aliphatic heterocycles. The first-order chi connectivity index (χ1) is 9.65. The molecule has 0 radical (unpaired) electrons. The third-order valence-electron chi connectivity index (χ3n) is 2.64. The van der Waals surface area contributed by atoms with E-state index in [0.29, 0.717) is 5.56 Å². The molecule has 0 aliphatic rings. The zero-order valence-corrected chi connectivity index (χ0v) is 10.7. The van der Waals surface area contributed by atoms with Gasteiger partial charge in [0.05, 0.1) is 0 Å². The number of phenolic OH excluding ortho intramolecular Hbond substituents is 2. The molecule has 0 bridgehead atoms. The van der Waals surface area contributed by atoms with E-state index in [-0.39, 0.29) is 18.1 Å². The molecule has 0 fully saturated rings. The van der Waals surface area contributed by atoms with Gasteiger partial charge < -0.3 is 14.9 Å². The number of phenols is 2. The quantitative estimate of drug-likeness (QED) is 0.509. The molecule has 2 aromatic carbocycles. The van der Waals surface area contributed by atoms with E-state index in [1.807, 2.05) is 30.3 Å². The Kier molecular flexibility index (Phi) is 4.39. The van der Waals surface area contributed by atoms with Crippen molar-refractivity contribution >= 4 is 12.0 Å². The van der Waals surface area contributed by atoms with E-state index in [4.69, 9.17) is 9.84 Å². The molecule has 20 heavy (non-hydrogen) atoms. The first-order valence-electron chi connectivity index (χ1n) is 6.06. The molecule has 0 aromatic heterocycles. The van der Waals surface area contributed by atoms with E-state index in [2.05, 4.69) is 0 Å². The number of carbonyl (C=O) groups is 1. The summed E-state index contributed by atoms with van der Waals surface area (Å²) >= 11 is 0. The maximum atomic E-state index is 11.5.